The molecule has 1 unspecified atom stereocenters. The first-order chi connectivity index (χ1) is 12.0. The fourth-order valence-electron chi connectivity index (χ4n) is 3.71. The Balaban J connectivity index is 1.52. The molecule has 1 amide bonds. The van der Waals surface area contributed by atoms with Crippen molar-refractivity contribution < 1.29 is 9.90 Å². The van der Waals surface area contributed by atoms with Gasteiger partial charge in [0.15, 0.2) is 0 Å². The van der Waals surface area contributed by atoms with Crippen molar-refractivity contribution in [2.24, 2.45) is 0 Å². The lowest BCUT2D eigenvalue weighted by Gasteiger charge is -2.31. The summed E-state index contributed by atoms with van der Waals surface area (Å²) >= 11 is 0. The van der Waals surface area contributed by atoms with Crippen molar-refractivity contribution in [3.05, 3.63) is 71.4 Å². The molecule has 4 nitrogen and oxygen atoms in total. The Bertz CT molecular complexity index is 912. The highest BCUT2D eigenvalue weighted by atomic mass is 16.3. The van der Waals surface area contributed by atoms with Gasteiger partial charge in [-0.2, -0.15) is 0 Å². The monoisotopic (exact) mass is 334 g/mol. The first-order valence-electron chi connectivity index (χ1n) is 8.69. The molecule has 0 bridgehead atoms. The first kappa shape index (κ1) is 15.9. The maximum Gasteiger partial charge on any atom is 0.226 e. The van der Waals surface area contributed by atoms with E-state index in [-0.39, 0.29) is 12.3 Å². The molecule has 0 saturated heterocycles. The van der Waals surface area contributed by atoms with Crippen LogP contribution in [0, 0.1) is 0 Å². The number of benzene rings is 2. The molecule has 128 valence electrons. The largest absolute Gasteiger partial charge is 0.385 e. The van der Waals surface area contributed by atoms with Gasteiger partial charge in [-0.15, -0.1) is 0 Å². The van der Waals surface area contributed by atoms with Gasteiger partial charge in [0.1, 0.15) is 0 Å². The lowest BCUT2D eigenvalue weighted by molar-refractivity contribution is -0.137. The molecule has 1 aliphatic heterocycles. The van der Waals surface area contributed by atoms with Gasteiger partial charge in [-0.05, 0) is 30.5 Å². The van der Waals surface area contributed by atoms with E-state index >= 15 is 0 Å². The van der Waals surface area contributed by atoms with Gasteiger partial charge in [0.2, 0.25) is 5.91 Å². The minimum Gasteiger partial charge on any atom is -0.385 e. The number of carbonyl (C=O) groups excluding carboxylic acids is 1. The van der Waals surface area contributed by atoms with E-state index in [0.29, 0.717) is 13.1 Å². The highest BCUT2D eigenvalue weighted by Crippen LogP contribution is 2.30. The Labute approximate surface area is 147 Å². The quantitative estimate of drug-likeness (QED) is 0.772. The fraction of sp³-hybridized carbons (Fsp3) is 0.286. The standard InChI is InChI=1S/C21H22N2O2/c1-21(25,15-7-3-2-4-8-15)13-20(24)23-12-11-17-16-9-5-6-10-18(16)22-19(17)14-23/h2-10,22,25H,11-14H2,1H3. The van der Waals surface area contributed by atoms with E-state index in [9.17, 15) is 9.90 Å². The minimum atomic E-state index is -1.15. The molecule has 2 heterocycles. The van der Waals surface area contributed by atoms with E-state index in [1.165, 1.54) is 10.9 Å². The second-order valence-electron chi connectivity index (χ2n) is 7.01. The van der Waals surface area contributed by atoms with Crippen molar-refractivity contribution in [3.63, 3.8) is 0 Å². The summed E-state index contributed by atoms with van der Waals surface area (Å²) in [6.45, 7) is 2.98. The molecule has 0 spiro atoms. The van der Waals surface area contributed by atoms with Crippen molar-refractivity contribution >= 4 is 16.8 Å². The highest BCUT2D eigenvalue weighted by Gasteiger charge is 2.31. The number of hydrogen-bond acceptors (Lipinski definition) is 2. The summed E-state index contributed by atoms with van der Waals surface area (Å²) < 4.78 is 0. The van der Waals surface area contributed by atoms with Gasteiger partial charge in [-0.25, -0.2) is 0 Å². The Hall–Kier alpha value is -2.59. The van der Waals surface area contributed by atoms with Crippen LogP contribution < -0.4 is 0 Å². The number of nitrogens with zero attached hydrogens (tertiary/aromatic N) is 1. The molecular weight excluding hydrogens is 312 g/mol. The number of nitrogens with one attached hydrogen (secondary N) is 1. The summed E-state index contributed by atoms with van der Waals surface area (Å²) in [7, 11) is 0. The number of aliphatic hydroxyl groups is 1. The van der Waals surface area contributed by atoms with Gasteiger partial charge in [0.05, 0.1) is 18.6 Å². The molecule has 2 aromatic carbocycles. The Morgan fingerprint density at radius 2 is 1.88 bits per heavy atom. The number of rotatable bonds is 3. The average molecular weight is 334 g/mol. The van der Waals surface area contributed by atoms with Crippen LogP contribution in [0.15, 0.2) is 54.6 Å². The molecule has 4 heteroatoms. The van der Waals surface area contributed by atoms with E-state index in [2.05, 4.69) is 17.1 Å². The van der Waals surface area contributed by atoms with Crippen molar-refractivity contribution in [2.75, 3.05) is 6.54 Å². The zero-order chi connectivity index (χ0) is 17.4. The molecular formula is C21H22N2O2. The van der Waals surface area contributed by atoms with E-state index in [0.717, 1.165) is 23.2 Å². The third-order valence-corrected chi connectivity index (χ3v) is 5.13. The molecule has 1 aliphatic rings. The van der Waals surface area contributed by atoms with Crippen molar-refractivity contribution in [1.82, 2.24) is 9.88 Å². The maximum absolute atomic E-state index is 12.8. The van der Waals surface area contributed by atoms with E-state index in [4.69, 9.17) is 0 Å². The molecule has 0 fully saturated rings. The lowest BCUT2D eigenvalue weighted by Crippen LogP contribution is -2.39. The average Bonchev–Trinajstić information content (AvgIpc) is 3.00. The third kappa shape index (κ3) is 2.94. The number of amides is 1. The summed E-state index contributed by atoms with van der Waals surface area (Å²) in [6, 6.07) is 17.7. The Morgan fingerprint density at radius 1 is 1.16 bits per heavy atom. The van der Waals surface area contributed by atoms with Gasteiger partial charge in [-0.1, -0.05) is 48.5 Å². The van der Waals surface area contributed by atoms with Crippen LogP contribution in [0.3, 0.4) is 0 Å². The number of aromatic amines is 1. The van der Waals surface area contributed by atoms with Gasteiger partial charge < -0.3 is 15.0 Å². The van der Waals surface area contributed by atoms with Crippen LogP contribution >= 0.6 is 0 Å². The molecule has 1 aromatic heterocycles. The van der Waals surface area contributed by atoms with Crippen LogP contribution in [0.4, 0.5) is 0 Å². The van der Waals surface area contributed by atoms with E-state index in [1.54, 1.807) is 6.92 Å². The topological polar surface area (TPSA) is 56.3 Å². The van der Waals surface area contributed by atoms with Gasteiger partial charge >= 0.3 is 0 Å². The predicted molar refractivity (Wildman–Crippen MR) is 98.0 cm³/mol. The normalized spacial score (nSPS) is 16.5. The molecule has 2 N–H and O–H groups in total. The number of para-hydroxylation sites is 1. The van der Waals surface area contributed by atoms with Crippen LogP contribution in [0.25, 0.3) is 10.9 Å². The molecule has 3 aromatic rings. The van der Waals surface area contributed by atoms with Gasteiger partial charge in [0.25, 0.3) is 0 Å². The Morgan fingerprint density at radius 3 is 2.68 bits per heavy atom. The number of fused-ring (bicyclic) bond motifs is 3. The first-order valence-corrected chi connectivity index (χ1v) is 8.69. The van der Waals surface area contributed by atoms with Crippen molar-refractivity contribution in [3.8, 4) is 0 Å². The van der Waals surface area contributed by atoms with E-state index in [1.807, 2.05) is 47.4 Å². The van der Waals surface area contributed by atoms with Gasteiger partial charge in [0, 0.05) is 23.1 Å². The summed E-state index contributed by atoms with van der Waals surface area (Å²) in [4.78, 5) is 18.0. The maximum atomic E-state index is 12.8. The summed E-state index contributed by atoms with van der Waals surface area (Å²) in [5, 5.41) is 12.0. The molecule has 25 heavy (non-hydrogen) atoms. The molecule has 1 atom stereocenters. The Kier molecular flexibility index (Phi) is 3.85. The predicted octanol–water partition coefficient (Wildman–Crippen LogP) is 3.35. The molecule has 0 aliphatic carbocycles. The van der Waals surface area contributed by atoms with Crippen LogP contribution in [0.2, 0.25) is 0 Å². The van der Waals surface area contributed by atoms with Crippen LogP contribution in [0.1, 0.15) is 30.2 Å². The molecule has 4 rings (SSSR count). The lowest BCUT2D eigenvalue weighted by atomic mass is 9.91. The van der Waals surface area contributed by atoms with Crippen LogP contribution in [0.5, 0.6) is 0 Å². The van der Waals surface area contributed by atoms with E-state index < -0.39 is 5.60 Å². The number of hydrogen-bond donors (Lipinski definition) is 2. The summed E-state index contributed by atoms with van der Waals surface area (Å²) in [6.07, 6.45) is 0.936. The number of H-pyrrole nitrogens is 1. The zero-order valence-corrected chi connectivity index (χ0v) is 14.3. The SMILES string of the molecule is CC(O)(CC(=O)N1CCc2c([nH]c3ccccc23)C1)c1ccccc1. The van der Waals surface area contributed by atoms with Crippen LogP contribution in [-0.4, -0.2) is 27.4 Å². The smallest absolute Gasteiger partial charge is 0.226 e. The fourth-order valence-corrected chi connectivity index (χ4v) is 3.71. The third-order valence-electron chi connectivity index (χ3n) is 5.13. The summed E-state index contributed by atoms with van der Waals surface area (Å²) in [5.41, 5.74) is 3.17. The van der Waals surface area contributed by atoms with Gasteiger partial charge in [-0.3, -0.25) is 4.79 Å². The summed E-state index contributed by atoms with van der Waals surface area (Å²) in [5.74, 6) is -0.0156. The number of aromatic nitrogens is 1. The minimum absolute atomic E-state index is 0.0156. The second kappa shape index (κ2) is 6.05. The molecule has 0 saturated carbocycles. The highest BCUT2D eigenvalue weighted by molar-refractivity contribution is 5.85. The van der Waals surface area contributed by atoms with Crippen molar-refractivity contribution in [1.29, 1.82) is 0 Å². The number of carbonyl (C=O) groups is 1. The zero-order valence-electron chi connectivity index (χ0n) is 14.3. The second-order valence-corrected chi connectivity index (χ2v) is 7.01. The van der Waals surface area contributed by atoms with Crippen LogP contribution in [-0.2, 0) is 23.4 Å². The molecule has 0 radical (unpaired) electrons. The van der Waals surface area contributed by atoms with Crippen molar-refractivity contribution in [2.45, 2.75) is 31.9 Å².